The quantitative estimate of drug-likeness (QED) is 0.208. The zero-order chi connectivity index (χ0) is 34.6. The number of ketones is 1. The van der Waals surface area contributed by atoms with Crippen LogP contribution in [0.2, 0.25) is 5.02 Å². The Balaban J connectivity index is 1.20. The van der Waals surface area contributed by atoms with Crippen LogP contribution in [-0.2, 0) is 11.2 Å². The number of Topliss-reactive ketones (excluding diaryl/α,β-unsaturated/α-hetero) is 1. The van der Waals surface area contributed by atoms with Gasteiger partial charge in [0, 0.05) is 84.9 Å². The van der Waals surface area contributed by atoms with Crippen LogP contribution in [0, 0.1) is 5.41 Å². The second-order valence-corrected chi connectivity index (χ2v) is 15.1. The summed E-state index contributed by atoms with van der Waals surface area (Å²) in [6.45, 7) is 19.3. The number of piperazine rings is 1. The number of aliphatic imine (C=N–C) groups is 1. The van der Waals surface area contributed by atoms with E-state index in [0.717, 1.165) is 56.0 Å². The summed E-state index contributed by atoms with van der Waals surface area (Å²) in [5.41, 5.74) is 9.59. The highest BCUT2D eigenvalue weighted by atomic mass is 35.5. The highest BCUT2D eigenvalue weighted by Gasteiger charge is 2.26. The lowest BCUT2D eigenvalue weighted by Gasteiger charge is -2.42. The molecule has 0 spiro atoms. The molecule has 0 unspecified atom stereocenters. The number of amides is 1. The third-order valence-electron chi connectivity index (χ3n) is 8.89. The average molecular weight is 674 g/mol. The number of fused-ring (bicyclic) bond motifs is 1. The van der Waals surface area contributed by atoms with Crippen molar-refractivity contribution in [2.75, 3.05) is 45.9 Å². The molecule has 0 aliphatic carbocycles. The van der Waals surface area contributed by atoms with Gasteiger partial charge in [-0.25, -0.2) is 0 Å². The Morgan fingerprint density at radius 3 is 2.35 bits per heavy atom. The number of nitrogens with two attached hydrogens (primary N) is 1. The van der Waals surface area contributed by atoms with E-state index in [1.165, 1.54) is 0 Å². The molecule has 0 saturated carbocycles. The van der Waals surface area contributed by atoms with E-state index in [0.29, 0.717) is 52.7 Å². The lowest BCUT2D eigenvalue weighted by Crippen LogP contribution is -2.53. The highest BCUT2D eigenvalue weighted by molar-refractivity contribution is 6.31. The first-order chi connectivity index (χ1) is 22.7. The van der Waals surface area contributed by atoms with E-state index in [1.54, 1.807) is 36.5 Å². The minimum atomic E-state index is -0.591. The second kappa shape index (κ2) is 14.8. The number of halogens is 1. The van der Waals surface area contributed by atoms with E-state index in [2.05, 4.69) is 61.3 Å². The van der Waals surface area contributed by atoms with Crippen molar-refractivity contribution >= 4 is 39.9 Å². The maximum Gasteiger partial charge on any atom is 0.252 e. The lowest BCUT2D eigenvalue weighted by atomic mass is 9.89. The van der Waals surface area contributed by atoms with E-state index < -0.39 is 5.91 Å². The molecule has 48 heavy (non-hydrogen) atoms. The molecule has 2 aliphatic heterocycles. The summed E-state index contributed by atoms with van der Waals surface area (Å²) in [6, 6.07) is 10.4. The van der Waals surface area contributed by atoms with E-state index in [9.17, 15) is 9.59 Å². The molecular weight excluding hydrogens is 626 g/mol. The van der Waals surface area contributed by atoms with Crippen molar-refractivity contribution in [2.45, 2.75) is 66.3 Å². The molecule has 5 rings (SSSR count). The fourth-order valence-corrected chi connectivity index (χ4v) is 6.32. The summed E-state index contributed by atoms with van der Waals surface area (Å²) in [6.07, 6.45) is 5.09. The number of aromatic nitrogens is 1. The van der Waals surface area contributed by atoms with Gasteiger partial charge in [-0.2, -0.15) is 0 Å². The van der Waals surface area contributed by atoms with E-state index in [-0.39, 0.29) is 28.7 Å². The van der Waals surface area contributed by atoms with Crippen LogP contribution < -0.4 is 15.2 Å². The van der Waals surface area contributed by atoms with Gasteiger partial charge in [0.15, 0.2) is 0 Å². The minimum Gasteiger partial charge on any atom is -0.493 e. The molecule has 0 bridgehead atoms. The van der Waals surface area contributed by atoms with Crippen molar-refractivity contribution in [3.05, 3.63) is 70.4 Å². The van der Waals surface area contributed by atoms with Crippen molar-refractivity contribution in [1.29, 1.82) is 0 Å². The van der Waals surface area contributed by atoms with Crippen LogP contribution in [0.4, 0.5) is 0 Å². The largest absolute Gasteiger partial charge is 0.493 e. The number of hydrogen-bond donors (Lipinski definition) is 1. The number of rotatable bonds is 12. The smallest absolute Gasteiger partial charge is 0.252 e. The van der Waals surface area contributed by atoms with Gasteiger partial charge in [0.25, 0.3) is 5.91 Å². The van der Waals surface area contributed by atoms with Crippen LogP contribution in [0.5, 0.6) is 17.2 Å². The first-order valence-corrected chi connectivity index (χ1v) is 17.1. The number of allylic oxidation sites excluding steroid dienone is 1. The van der Waals surface area contributed by atoms with Gasteiger partial charge in [0.2, 0.25) is 0 Å². The van der Waals surface area contributed by atoms with Gasteiger partial charge < -0.3 is 20.1 Å². The molecule has 2 aliphatic rings. The predicted molar refractivity (Wildman–Crippen MR) is 193 cm³/mol. The van der Waals surface area contributed by atoms with Crippen molar-refractivity contribution < 1.29 is 19.1 Å². The number of hydrogen-bond acceptors (Lipinski definition) is 8. The molecule has 0 atom stereocenters. The van der Waals surface area contributed by atoms with Crippen LogP contribution in [-0.4, -0.2) is 83.6 Å². The number of ether oxygens (including phenoxy) is 2. The number of nitrogens with zero attached hydrogens (tertiary/aromatic N) is 4. The lowest BCUT2D eigenvalue weighted by molar-refractivity contribution is -0.117. The summed E-state index contributed by atoms with van der Waals surface area (Å²) in [5.74, 6) is 0.884. The van der Waals surface area contributed by atoms with Gasteiger partial charge in [0.05, 0.1) is 24.2 Å². The van der Waals surface area contributed by atoms with Crippen LogP contribution in [0.25, 0.3) is 10.9 Å². The standard InChI is InChI=1S/C38H48ClN5O4/c1-37(2,3)35-19-25(24-42-35)18-27(45)20-26-8-9-28(21-31(26)39)48-33-10-11-41-32-23-34(30(36(40)46)22-29(32)33)47-17-7-12-43-13-15-44(16-14-43)38(4,5)6/h8-11,19,21-23H,7,12-18,20,24H2,1-6H3,(H2,40,46). The molecule has 3 heterocycles. The van der Waals surface area contributed by atoms with Crippen molar-refractivity contribution in [2.24, 2.45) is 16.1 Å². The van der Waals surface area contributed by atoms with E-state index in [4.69, 9.17) is 26.8 Å². The van der Waals surface area contributed by atoms with Crippen LogP contribution in [0.3, 0.4) is 0 Å². The Labute approximate surface area is 289 Å². The minimum absolute atomic E-state index is 0.0377. The summed E-state index contributed by atoms with van der Waals surface area (Å²) < 4.78 is 12.3. The fourth-order valence-electron chi connectivity index (χ4n) is 6.08. The molecule has 1 amide bonds. The van der Waals surface area contributed by atoms with Crippen LogP contribution >= 0.6 is 11.6 Å². The van der Waals surface area contributed by atoms with Gasteiger partial charge in [-0.1, -0.05) is 38.4 Å². The summed E-state index contributed by atoms with van der Waals surface area (Å²) in [4.78, 5) is 39.4. The molecule has 9 nitrogen and oxygen atoms in total. The van der Waals surface area contributed by atoms with Gasteiger partial charge in [-0.05, 0) is 68.7 Å². The third-order valence-corrected chi connectivity index (χ3v) is 9.24. The van der Waals surface area contributed by atoms with Crippen molar-refractivity contribution in [3.8, 4) is 17.2 Å². The second-order valence-electron chi connectivity index (χ2n) is 14.7. The molecule has 2 aromatic carbocycles. The summed E-state index contributed by atoms with van der Waals surface area (Å²) in [5, 5.41) is 1.06. The van der Waals surface area contributed by atoms with Crippen molar-refractivity contribution in [1.82, 2.24) is 14.8 Å². The highest BCUT2D eigenvalue weighted by Crippen LogP contribution is 2.35. The molecule has 1 saturated heterocycles. The molecule has 10 heteroatoms. The molecule has 3 aromatic rings. The molecule has 1 fully saturated rings. The number of primary amides is 1. The maximum atomic E-state index is 12.9. The summed E-state index contributed by atoms with van der Waals surface area (Å²) in [7, 11) is 0. The monoisotopic (exact) mass is 673 g/mol. The van der Waals surface area contributed by atoms with Gasteiger partial charge in [-0.15, -0.1) is 0 Å². The Hall–Kier alpha value is -3.79. The SMILES string of the molecule is CC(C)(C)C1=NCC(CC(=O)Cc2ccc(Oc3ccnc4cc(OCCCN5CCN(C(C)(C)C)CC5)c(C(N)=O)cc34)cc2Cl)=C1. The normalized spacial score (nSPS) is 16.1. The first-order valence-electron chi connectivity index (χ1n) is 16.7. The Kier molecular flexibility index (Phi) is 10.9. The molecular formula is C38H48ClN5O4. The summed E-state index contributed by atoms with van der Waals surface area (Å²) >= 11 is 6.61. The Bertz CT molecular complexity index is 1730. The van der Waals surface area contributed by atoms with Crippen molar-refractivity contribution in [3.63, 3.8) is 0 Å². The number of pyridine rings is 1. The fraction of sp³-hybridized carbons (Fsp3) is 0.474. The topological polar surface area (TPSA) is 110 Å². The Morgan fingerprint density at radius 2 is 1.71 bits per heavy atom. The van der Waals surface area contributed by atoms with Crippen LogP contribution in [0.1, 0.15) is 70.3 Å². The van der Waals surface area contributed by atoms with Gasteiger partial charge in [-0.3, -0.25) is 24.5 Å². The predicted octanol–water partition coefficient (Wildman–Crippen LogP) is 6.89. The third kappa shape index (κ3) is 9.01. The number of benzene rings is 2. The molecule has 0 radical (unpaired) electrons. The maximum absolute atomic E-state index is 12.9. The van der Waals surface area contributed by atoms with Crippen LogP contribution in [0.15, 0.2) is 59.2 Å². The number of carbonyl (C=O) groups is 2. The number of carbonyl (C=O) groups excluding carboxylic acids is 2. The Morgan fingerprint density at radius 1 is 0.958 bits per heavy atom. The molecule has 1 aromatic heterocycles. The zero-order valence-corrected chi connectivity index (χ0v) is 29.8. The van der Waals surface area contributed by atoms with Gasteiger partial charge >= 0.3 is 0 Å². The first kappa shape index (κ1) is 35.5. The van der Waals surface area contributed by atoms with E-state index >= 15 is 0 Å². The van der Waals surface area contributed by atoms with E-state index in [1.807, 2.05) is 12.1 Å². The molecule has 2 N–H and O–H groups in total. The zero-order valence-electron chi connectivity index (χ0n) is 29.1. The van der Waals surface area contributed by atoms with Gasteiger partial charge in [0.1, 0.15) is 23.0 Å². The average Bonchev–Trinajstić information content (AvgIpc) is 3.49. The molecule has 256 valence electrons.